The van der Waals surface area contributed by atoms with Gasteiger partial charge in [0.05, 0.1) is 12.2 Å². The molecule has 2 fully saturated rings. The van der Waals surface area contributed by atoms with Crippen molar-refractivity contribution in [3.05, 3.63) is 42.0 Å². The Labute approximate surface area is 155 Å². The molecular weight excluding hydrogens is 354 g/mol. The molecule has 4 rings (SSSR count). The molecule has 1 saturated carbocycles. The molecule has 2 aliphatic rings. The van der Waals surface area contributed by atoms with E-state index in [9.17, 15) is 13.6 Å². The van der Waals surface area contributed by atoms with Crippen LogP contribution in [0.15, 0.2) is 30.3 Å². The lowest BCUT2D eigenvalue weighted by Crippen LogP contribution is -2.39. The maximum atomic E-state index is 13.3. The smallest absolute Gasteiger partial charge is 0.407 e. The Balaban J connectivity index is 1.31. The van der Waals surface area contributed by atoms with E-state index < -0.39 is 11.6 Å². The van der Waals surface area contributed by atoms with Crippen molar-refractivity contribution in [1.29, 1.82) is 0 Å². The molecule has 27 heavy (non-hydrogen) atoms. The molecule has 1 aromatic heterocycles. The SMILES string of the molecule is O=C1NCC2(CCC(CNc3ccc(-c4cc(F)cc(F)c4)nn3)CC2)O1. The second-order valence-corrected chi connectivity index (χ2v) is 7.21. The molecule has 0 unspecified atom stereocenters. The van der Waals surface area contributed by atoms with Crippen molar-refractivity contribution in [1.82, 2.24) is 15.5 Å². The predicted octanol–water partition coefficient (Wildman–Crippen LogP) is 3.50. The number of halogens is 2. The van der Waals surface area contributed by atoms with E-state index in [4.69, 9.17) is 4.74 Å². The second kappa shape index (κ2) is 7.09. The van der Waals surface area contributed by atoms with Crippen LogP contribution in [0.3, 0.4) is 0 Å². The van der Waals surface area contributed by atoms with Crippen LogP contribution in [0.4, 0.5) is 19.4 Å². The average molecular weight is 374 g/mol. The maximum absolute atomic E-state index is 13.3. The summed E-state index contributed by atoms with van der Waals surface area (Å²) in [4.78, 5) is 11.3. The van der Waals surface area contributed by atoms with Crippen molar-refractivity contribution in [3.8, 4) is 11.3 Å². The number of carbonyl (C=O) groups excluding carboxylic acids is 1. The summed E-state index contributed by atoms with van der Waals surface area (Å²) in [6, 6.07) is 6.70. The molecule has 0 atom stereocenters. The van der Waals surface area contributed by atoms with E-state index in [2.05, 4.69) is 20.8 Å². The Morgan fingerprint density at radius 1 is 1.15 bits per heavy atom. The Hall–Kier alpha value is -2.77. The summed E-state index contributed by atoms with van der Waals surface area (Å²) in [6.07, 6.45) is 3.33. The van der Waals surface area contributed by atoms with Crippen LogP contribution in [0, 0.1) is 17.6 Å². The molecule has 1 spiro atoms. The molecule has 1 aliphatic carbocycles. The Morgan fingerprint density at radius 2 is 1.89 bits per heavy atom. The topological polar surface area (TPSA) is 76.1 Å². The van der Waals surface area contributed by atoms with Crippen molar-refractivity contribution in [3.63, 3.8) is 0 Å². The molecule has 8 heteroatoms. The molecule has 1 saturated heterocycles. The zero-order valence-electron chi connectivity index (χ0n) is 14.7. The molecule has 0 bridgehead atoms. The number of benzene rings is 1. The molecule has 2 N–H and O–H groups in total. The molecular formula is C19H20F2N4O2. The second-order valence-electron chi connectivity index (χ2n) is 7.21. The van der Waals surface area contributed by atoms with Crippen molar-refractivity contribution in [2.24, 2.45) is 5.92 Å². The minimum Gasteiger partial charge on any atom is -0.441 e. The van der Waals surface area contributed by atoms with Gasteiger partial charge in [-0.1, -0.05) is 0 Å². The van der Waals surface area contributed by atoms with Crippen LogP contribution < -0.4 is 10.6 Å². The summed E-state index contributed by atoms with van der Waals surface area (Å²) in [7, 11) is 0. The highest BCUT2D eigenvalue weighted by Crippen LogP contribution is 2.36. The van der Waals surface area contributed by atoms with Crippen LogP contribution in [0.5, 0.6) is 0 Å². The molecule has 2 aromatic rings. The number of hydrogen-bond donors (Lipinski definition) is 2. The highest BCUT2D eigenvalue weighted by molar-refractivity contribution is 5.70. The minimum absolute atomic E-state index is 0.319. The van der Waals surface area contributed by atoms with Gasteiger partial charge in [-0.25, -0.2) is 13.6 Å². The zero-order chi connectivity index (χ0) is 18.9. The van der Waals surface area contributed by atoms with Gasteiger partial charge in [-0.2, -0.15) is 0 Å². The van der Waals surface area contributed by atoms with Crippen molar-refractivity contribution in [2.75, 3.05) is 18.4 Å². The predicted molar refractivity (Wildman–Crippen MR) is 95.0 cm³/mol. The van der Waals surface area contributed by atoms with E-state index >= 15 is 0 Å². The summed E-state index contributed by atoms with van der Waals surface area (Å²) in [5, 5.41) is 14.1. The van der Waals surface area contributed by atoms with E-state index in [0.717, 1.165) is 38.3 Å². The first-order valence-corrected chi connectivity index (χ1v) is 9.02. The number of ether oxygens (including phenoxy) is 1. The average Bonchev–Trinajstić information content (AvgIpc) is 3.01. The Morgan fingerprint density at radius 3 is 2.48 bits per heavy atom. The highest BCUT2D eigenvalue weighted by atomic mass is 19.1. The Bertz CT molecular complexity index is 816. The van der Waals surface area contributed by atoms with Gasteiger partial charge in [-0.15, -0.1) is 10.2 Å². The number of anilines is 1. The van der Waals surface area contributed by atoms with Gasteiger partial charge in [0.2, 0.25) is 0 Å². The lowest BCUT2D eigenvalue weighted by atomic mass is 9.79. The molecule has 6 nitrogen and oxygen atoms in total. The van der Waals surface area contributed by atoms with Gasteiger partial charge in [0, 0.05) is 18.2 Å². The Kier molecular flexibility index (Phi) is 4.63. The highest BCUT2D eigenvalue weighted by Gasteiger charge is 2.43. The van der Waals surface area contributed by atoms with Crippen LogP contribution in [0.1, 0.15) is 25.7 Å². The zero-order valence-corrected chi connectivity index (χ0v) is 14.7. The summed E-state index contributed by atoms with van der Waals surface area (Å²) in [5.41, 5.74) is 0.438. The van der Waals surface area contributed by atoms with Crippen molar-refractivity contribution in [2.45, 2.75) is 31.3 Å². The largest absolute Gasteiger partial charge is 0.441 e. The molecule has 142 valence electrons. The lowest BCUT2D eigenvalue weighted by Gasteiger charge is -2.34. The van der Waals surface area contributed by atoms with E-state index in [-0.39, 0.29) is 11.7 Å². The van der Waals surface area contributed by atoms with Crippen molar-refractivity contribution >= 4 is 11.9 Å². The number of nitrogens with zero attached hydrogens (tertiary/aromatic N) is 2. The molecule has 1 aromatic carbocycles. The third-order valence-electron chi connectivity index (χ3n) is 5.28. The van der Waals surface area contributed by atoms with Crippen LogP contribution in [-0.4, -0.2) is 35.0 Å². The standard InChI is InChI=1S/C19H20F2N4O2/c20-14-7-13(8-15(21)9-14)16-1-2-17(25-24-16)22-10-12-3-5-19(6-4-12)11-23-18(26)27-19/h1-2,7-9,12H,3-6,10-11H2,(H,22,25)(H,23,26). The molecule has 2 heterocycles. The van der Waals surface area contributed by atoms with E-state index in [1.54, 1.807) is 12.1 Å². The lowest BCUT2D eigenvalue weighted by molar-refractivity contribution is 0.0148. The van der Waals surface area contributed by atoms with Crippen LogP contribution in [0.2, 0.25) is 0 Å². The van der Waals surface area contributed by atoms with Crippen LogP contribution in [-0.2, 0) is 4.74 Å². The molecule has 1 aliphatic heterocycles. The minimum atomic E-state index is -0.646. The van der Waals surface area contributed by atoms with Crippen LogP contribution in [0.25, 0.3) is 11.3 Å². The van der Waals surface area contributed by atoms with Gasteiger partial charge in [-0.05, 0) is 55.9 Å². The van der Waals surface area contributed by atoms with Gasteiger partial charge >= 0.3 is 6.09 Å². The number of aromatic nitrogens is 2. The first-order valence-electron chi connectivity index (χ1n) is 9.02. The van der Waals surface area contributed by atoms with Gasteiger partial charge in [-0.3, -0.25) is 0 Å². The molecule has 0 radical (unpaired) electrons. The summed E-state index contributed by atoms with van der Waals surface area (Å²) >= 11 is 0. The van der Waals surface area contributed by atoms with Gasteiger partial charge in [0.25, 0.3) is 0 Å². The quantitative estimate of drug-likeness (QED) is 0.857. The number of alkyl carbamates (subject to hydrolysis) is 1. The number of rotatable bonds is 4. The van der Waals surface area contributed by atoms with Gasteiger partial charge in [0.1, 0.15) is 23.1 Å². The monoisotopic (exact) mass is 374 g/mol. The third-order valence-corrected chi connectivity index (χ3v) is 5.28. The van der Waals surface area contributed by atoms with Crippen LogP contribution >= 0.6 is 0 Å². The summed E-state index contributed by atoms with van der Waals surface area (Å²) in [5.74, 6) is -0.210. The number of nitrogens with one attached hydrogen (secondary N) is 2. The maximum Gasteiger partial charge on any atom is 0.407 e. The van der Waals surface area contributed by atoms with E-state index in [1.165, 1.54) is 12.1 Å². The number of carbonyl (C=O) groups is 1. The van der Waals surface area contributed by atoms with Gasteiger partial charge in [0.15, 0.2) is 0 Å². The number of hydrogen-bond acceptors (Lipinski definition) is 5. The van der Waals surface area contributed by atoms with Crippen molar-refractivity contribution < 1.29 is 18.3 Å². The normalized spacial score (nSPS) is 24.5. The number of amides is 1. The first-order chi connectivity index (χ1) is 13.0. The van der Waals surface area contributed by atoms with E-state index in [1.807, 2.05) is 0 Å². The fraction of sp³-hybridized carbons (Fsp3) is 0.421. The third kappa shape index (κ3) is 3.99. The summed E-state index contributed by atoms with van der Waals surface area (Å²) in [6.45, 7) is 1.35. The molecule has 1 amide bonds. The fourth-order valence-electron chi connectivity index (χ4n) is 3.72. The summed E-state index contributed by atoms with van der Waals surface area (Å²) < 4.78 is 32.1. The van der Waals surface area contributed by atoms with Gasteiger partial charge < -0.3 is 15.4 Å². The van der Waals surface area contributed by atoms with E-state index in [0.29, 0.717) is 29.5 Å². The fourth-order valence-corrected chi connectivity index (χ4v) is 3.72. The first kappa shape index (κ1) is 17.6.